The van der Waals surface area contributed by atoms with Gasteiger partial charge in [0.15, 0.2) is 0 Å². The molecule has 0 fully saturated rings. The van der Waals surface area contributed by atoms with E-state index in [4.69, 9.17) is 18.6 Å². The molecule has 2 aromatic carbocycles. The molecule has 0 aliphatic carbocycles. The van der Waals surface area contributed by atoms with Crippen LogP contribution in [0.3, 0.4) is 0 Å². The van der Waals surface area contributed by atoms with Crippen LogP contribution in [-0.2, 0) is 18.9 Å². The van der Waals surface area contributed by atoms with E-state index < -0.39 is 13.8 Å². The highest BCUT2D eigenvalue weighted by molar-refractivity contribution is 7.49. The summed E-state index contributed by atoms with van der Waals surface area (Å²) in [7, 11) is -4.26. The lowest BCUT2D eigenvalue weighted by molar-refractivity contribution is -0.221. The number of carbonyl (C=O) groups excluding carboxylic acids is 1. The number of benzene rings is 2. The van der Waals surface area contributed by atoms with Crippen molar-refractivity contribution in [2.45, 2.75) is 59.3 Å². The summed E-state index contributed by atoms with van der Waals surface area (Å²) < 4.78 is 29.2. The molecule has 0 unspecified atom stereocenters. The number of aryl methyl sites for hydroxylation is 2. The largest absolute Gasteiger partial charge is 0.625 e. The first-order valence-electron chi connectivity index (χ1n) is 9.93. The van der Waals surface area contributed by atoms with E-state index >= 15 is 0 Å². The van der Waals surface area contributed by atoms with Gasteiger partial charge in [0.25, 0.3) is 0 Å². The maximum atomic E-state index is 13.2. The van der Waals surface area contributed by atoms with Crippen LogP contribution in [0.15, 0.2) is 48.5 Å². The Morgan fingerprint density at radius 2 is 1.34 bits per heavy atom. The van der Waals surface area contributed by atoms with Crippen LogP contribution < -0.4 is 9.05 Å². The molecule has 0 amide bonds. The molecule has 0 aliphatic rings. The summed E-state index contributed by atoms with van der Waals surface area (Å²) in [4.78, 5) is 16.8. The van der Waals surface area contributed by atoms with E-state index in [2.05, 4.69) is 6.92 Å². The standard InChI is InChI=1S/C22H29O6P/c1-4-5-6-7-8-17-22(23)25-28-29(24,26-20-15-11-9-13-18(20)2)27-21-16-12-10-14-19(21)3/h9-16H,4-8,17H2,1-3H3. The molecule has 158 valence electrons. The van der Waals surface area contributed by atoms with Crippen LogP contribution in [0, 0.1) is 13.8 Å². The van der Waals surface area contributed by atoms with Gasteiger partial charge in [0.05, 0.1) is 0 Å². The number of hydrogen-bond acceptors (Lipinski definition) is 6. The third-order valence-corrected chi connectivity index (χ3v) is 5.41. The second-order valence-corrected chi connectivity index (χ2v) is 8.26. The maximum absolute atomic E-state index is 13.2. The van der Waals surface area contributed by atoms with Crippen LogP contribution in [-0.4, -0.2) is 5.97 Å². The van der Waals surface area contributed by atoms with Crippen molar-refractivity contribution in [2.24, 2.45) is 0 Å². The third-order valence-electron chi connectivity index (χ3n) is 4.31. The minimum Gasteiger partial charge on any atom is -0.393 e. The van der Waals surface area contributed by atoms with Gasteiger partial charge in [-0.05, 0) is 43.5 Å². The van der Waals surface area contributed by atoms with Crippen molar-refractivity contribution in [2.75, 3.05) is 0 Å². The predicted molar refractivity (Wildman–Crippen MR) is 112 cm³/mol. The molecule has 0 saturated carbocycles. The van der Waals surface area contributed by atoms with Gasteiger partial charge in [-0.3, -0.25) is 4.89 Å². The molecule has 0 N–H and O–H groups in total. The Bertz CT molecular complexity index is 784. The predicted octanol–water partition coefficient (Wildman–Crippen LogP) is 6.70. The molecule has 29 heavy (non-hydrogen) atoms. The highest BCUT2D eigenvalue weighted by Crippen LogP contribution is 2.51. The molecule has 2 rings (SSSR count). The van der Waals surface area contributed by atoms with Gasteiger partial charge < -0.3 is 9.05 Å². The summed E-state index contributed by atoms with van der Waals surface area (Å²) in [5, 5.41) is 0. The first kappa shape index (κ1) is 23.0. The summed E-state index contributed by atoms with van der Waals surface area (Å²) in [6.07, 6.45) is 5.12. The number of unbranched alkanes of at least 4 members (excludes halogenated alkanes) is 4. The van der Waals surface area contributed by atoms with Crippen LogP contribution in [0.1, 0.15) is 56.6 Å². The van der Waals surface area contributed by atoms with Gasteiger partial charge in [0.1, 0.15) is 11.5 Å². The van der Waals surface area contributed by atoms with E-state index in [0.717, 1.165) is 36.8 Å². The monoisotopic (exact) mass is 420 g/mol. The molecule has 0 bridgehead atoms. The van der Waals surface area contributed by atoms with Crippen LogP contribution >= 0.6 is 7.82 Å². The van der Waals surface area contributed by atoms with Crippen molar-refractivity contribution in [3.8, 4) is 11.5 Å². The molecular weight excluding hydrogens is 391 g/mol. The molecule has 0 heterocycles. The Morgan fingerprint density at radius 1 is 0.828 bits per heavy atom. The maximum Gasteiger partial charge on any atom is 0.625 e. The van der Waals surface area contributed by atoms with Gasteiger partial charge in [-0.1, -0.05) is 73.7 Å². The average Bonchev–Trinajstić information content (AvgIpc) is 2.70. The fourth-order valence-electron chi connectivity index (χ4n) is 2.61. The fourth-order valence-corrected chi connectivity index (χ4v) is 3.77. The zero-order valence-electron chi connectivity index (χ0n) is 17.3. The Balaban J connectivity index is 2.04. The van der Waals surface area contributed by atoms with E-state index in [0.29, 0.717) is 17.9 Å². The lowest BCUT2D eigenvalue weighted by Gasteiger charge is -2.19. The topological polar surface area (TPSA) is 71.1 Å². The van der Waals surface area contributed by atoms with E-state index in [-0.39, 0.29) is 6.42 Å². The molecule has 7 heteroatoms. The van der Waals surface area contributed by atoms with Gasteiger partial charge in [-0.25, -0.2) is 9.36 Å². The molecule has 0 saturated heterocycles. The number of carbonyl (C=O) groups is 1. The number of para-hydroxylation sites is 2. The van der Waals surface area contributed by atoms with Crippen molar-refractivity contribution >= 4 is 13.8 Å². The molecule has 0 atom stereocenters. The summed E-state index contributed by atoms with van der Waals surface area (Å²) in [6, 6.07) is 14.0. The molecule has 6 nitrogen and oxygen atoms in total. The zero-order chi connectivity index (χ0) is 21.1. The zero-order valence-corrected chi connectivity index (χ0v) is 18.2. The lowest BCUT2D eigenvalue weighted by Crippen LogP contribution is -2.11. The Kier molecular flexibility index (Phi) is 9.23. The Hall–Kier alpha value is -2.30. The smallest absolute Gasteiger partial charge is 0.393 e. The normalized spacial score (nSPS) is 11.1. The van der Waals surface area contributed by atoms with Crippen LogP contribution in [0.25, 0.3) is 0 Å². The number of phosphoric ester groups is 1. The summed E-state index contributed by atoms with van der Waals surface area (Å²) in [6.45, 7) is 5.73. The van der Waals surface area contributed by atoms with Crippen molar-refractivity contribution in [1.29, 1.82) is 0 Å². The van der Waals surface area contributed by atoms with Crippen molar-refractivity contribution < 1.29 is 28.0 Å². The van der Waals surface area contributed by atoms with Gasteiger partial charge in [0.2, 0.25) is 0 Å². The molecule has 0 spiro atoms. The van der Waals surface area contributed by atoms with Crippen molar-refractivity contribution in [1.82, 2.24) is 0 Å². The van der Waals surface area contributed by atoms with Gasteiger partial charge in [-0.15, -0.1) is 0 Å². The number of phosphoric acid groups is 1. The summed E-state index contributed by atoms with van der Waals surface area (Å²) in [5.74, 6) is 0.0311. The van der Waals surface area contributed by atoms with Crippen LogP contribution in [0.5, 0.6) is 11.5 Å². The summed E-state index contributed by atoms with van der Waals surface area (Å²) >= 11 is 0. The SMILES string of the molecule is CCCCCCCC(=O)OOP(=O)(Oc1ccccc1C)Oc1ccccc1C. The molecule has 2 aromatic rings. The van der Waals surface area contributed by atoms with E-state index in [9.17, 15) is 9.36 Å². The first-order valence-corrected chi connectivity index (χ1v) is 11.4. The third kappa shape index (κ3) is 7.92. The number of rotatable bonds is 12. The fraction of sp³-hybridized carbons (Fsp3) is 0.409. The lowest BCUT2D eigenvalue weighted by atomic mass is 10.1. The molecule has 0 radical (unpaired) electrons. The second kappa shape index (κ2) is 11.6. The number of hydrogen-bond donors (Lipinski definition) is 0. The molecule has 0 aromatic heterocycles. The Labute approximate surface area is 172 Å². The average molecular weight is 420 g/mol. The quantitative estimate of drug-likeness (QED) is 0.165. The molecular formula is C22H29O6P. The van der Waals surface area contributed by atoms with E-state index in [1.165, 1.54) is 0 Å². The Morgan fingerprint density at radius 3 is 1.86 bits per heavy atom. The van der Waals surface area contributed by atoms with E-state index in [1.807, 2.05) is 12.1 Å². The molecule has 0 aliphatic heterocycles. The first-order chi connectivity index (χ1) is 13.9. The van der Waals surface area contributed by atoms with Crippen LogP contribution in [0.4, 0.5) is 0 Å². The highest BCUT2D eigenvalue weighted by atomic mass is 31.2. The minimum absolute atomic E-state index is 0.179. The van der Waals surface area contributed by atoms with Gasteiger partial charge in [-0.2, -0.15) is 0 Å². The summed E-state index contributed by atoms with van der Waals surface area (Å²) in [5.41, 5.74) is 1.49. The second-order valence-electron chi connectivity index (χ2n) is 6.85. The van der Waals surface area contributed by atoms with Crippen molar-refractivity contribution in [3.63, 3.8) is 0 Å². The van der Waals surface area contributed by atoms with E-state index in [1.54, 1.807) is 50.2 Å². The van der Waals surface area contributed by atoms with Crippen LogP contribution in [0.2, 0.25) is 0 Å². The highest BCUT2D eigenvalue weighted by Gasteiger charge is 2.35. The minimum atomic E-state index is -4.26. The van der Waals surface area contributed by atoms with Gasteiger partial charge >= 0.3 is 13.8 Å². The van der Waals surface area contributed by atoms with Crippen molar-refractivity contribution in [3.05, 3.63) is 59.7 Å². The van der Waals surface area contributed by atoms with Gasteiger partial charge in [0, 0.05) is 6.42 Å².